The molecule has 1 saturated heterocycles. The lowest BCUT2D eigenvalue weighted by atomic mass is 9.45. The van der Waals surface area contributed by atoms with Gasteiger partial charge in [0.25, 0.3) is 5.91 Å². The van der Waals surface area contributed by atoms with Crippen molar-refractivity contribution in [1.82, 2.24) is 21.0 Å². The maximum absolute atomic E-state index is 14.7. The molecule has 2 bridgehead atoms. The average Bonchev–Trinajstić information content (AvgIpc) is 3.56. The van der Waals surface area contributed by atoms with Gasteiger partial charge in [-0.1, -0.05) is 69.3 Å². The molecule has 4 fully saturated rings. The molecule has 1 aliphatic heterocycles. The minimum Gasteiger partial charge on any atom is -0.496 e. The normalized spacial score (nSPS) is 25.7. The Bertz CT molecular complexity index is 1870. The van der Waals surface area contributed by atoms with Crippen LogP contribution < -0.4 is 25.6 Å². The number of ether oxygens (including phenoxy) is 2. The Morgan fingerprint density at radius 2 is 1.80 bits per heavy atom. The lowest BCUT2D eigenvalue weighted by molar-refractivity contribution is -0.183. The van der Waals surface area contributed by atoms with Gasteiger partial charge in [0, 0.05) is 56.1 Å². The lowest BCUT2D eigenvalue weighted by Crippen LogP contribution is -2.62. The average molecular weight is 770 g/mol. The van der Waals surface area contributed by atoms with E-state index in [4.69, 9.17) is 14.3 Å². The molecule has 56 heavy (non-hydrogen) atoms. The topological polar surface area (TPSA) is 142 Å². The van der Waals surface area contributed by atoms with Crippen LogP contribution in [0.25, 0.3) is 11.1 Å². The van der Waals surface area contributed by atoms with E-state index in [1.165, 1.54) is 6.42 Å². The number of aliphatic hydroxyl groups is 1. The summed E-state index contributed by atoms with van der Waals surface area (Å²) in [5, 5.41) is 21.2. The first-order chi connectivity index (χ1) is 26.8. The number of amides is 3. The first-order valence-corrected chi connectivity index (χ1v) is 19.8. The van der Waals surface area contributed by atoms with Gasteiger partial charge in [0.1, 0.15) is 24.0 Å². The van der Waals surface area contributed by atoms with E-state index in [0.717, 1.165) is 34.4 Å². The summed E-state index contributed by atoms with van der Waals surface area (Å²) < 4.78 is 12.0. The van der Waals surface area contributed by atoms with Gasteiger partial charge in [0.05, 0.1) is 26.2 Å². The summed E-state index contributed by atoms with van der Waals surface area (Å²) in [4.78, 5) is 48.9. The summed E-state index contributed by atoms with van der Waals surface area (Å²) in [5.41, 5.74) is 4.97. The lowest BCUT2D eigenvalue weighted by Gasteiger charge is -2.62. The highest BCUT2D eigenvalue weighted by atomic mass is 16.7. The maximum Gasteiger partial charge on any atom is 0.407 e. The molecule has 0 aromatic heterocycles. The number of nitrogens with one attached hydrogen (secondary N) is 3. The molecule has 8 atom stereocenters. The minimum atomic E-state index is -0.900. The van der Waals surface area contributed by atoms with Crippen LogP contribution in [-0.2, 0) is 27.3 Å². The number of hydroxylamine groups is 2. The monoisotopic (exact) mass is 769 g/mol. The van der Waals surface area contributed by atoms with E-state index < -0.39 is 30.3 Å². The Balaban J connectivity index is 1.29. The first kappa shape index (κ1) is 41.0. The minimum absolute atomic E-state index is 0.0104. The summed E-state index contributed by atoms with van der Waals surface area (Å²) in [6.07, 6.45) is 0.503. The van der Waals surface area contributed by atoms with Crippen molar-refractivity contribution in [3.63, 3.8) is 0 Å². The molecule has 0 spiro atoms. The number of hydrogen-bond acceptors (Lipinski definition) is 9. The fourth-order valence-corrected chi connectivity index (χ4v) is 9.36. The molecule has 4 N–H and O–H groups in total. The van der Waals surface area contributed by atoms with Gasteiger partial charge in [-0.05, 0) is 78.7 Å². The third-order valence-corrected chi connectivity index (χ3v) is 12.7. The fraction of sp³-hybridized carbons (Fsp3) is 0.523. The fourth-order valence-electron chi connectivity index (χ4n) is 9.36. The van der Waals surface area contributed by atoms with Crippen LogP contribution in [0.15, 0.2) is 66.7 Å². The summed E-state index contributed by atoms with van der Waals surface area (Å²) in [7, 11) is 7.03. The largest absolute Gasteiger partial charge is 0.496 e. The van der Waals surface area contributed by atoms with E-state index in [1.54, 1.807) is 26.1 Å². The first-order valence-electron chi connectivity index (χ1n) is 19.8. The zero-order valence-corrected chi connectivity index (χ0v) is 34.0. The van der Waals surface area contributed by atoms with E-state index in [9.17, 15) is 19.5 Å². The van der Waals surface area contributed by atoms with Crippen molar-refractivity contribution in [3.05, 3.63) is 83.4 Å². The van der Waals surface area contributed by atoms with Gasteiger partial charge in [-0.2, -0.15) is 5.06 Å². The van der Waals surface area contributed by atoms with Crippen molar-refractivity contribution in [2.24, 2.45) is 29.1 Å². The van der Waals surface area contributed by atoms with Gasteiger partial charge in [0.2, 0.25) is 5.91 Å². The summed E-state index contributed by atoms with van der Waals surface area (Å²) in [5.74, 6) is 0.780. The Hall–Kier alpha value is -4.65. The molecular formula is C44H59N5O7. The molecule has 4 aliphatic rings. The number of benzene rings is 3. The third kappa shape index (κ3) is 8.38. The second-order valence-electron chi connectivity index (χ2n) is 16.5. The van der Waals surface area contributed by atoms with Crippen LogP contribution in [0.5, 0.6) is 5.75 Å². The predicted molar refractivity (Wildman–Crippen MR) is 216 cm³/mol. The van der Waals surface area contributed by atoms with Gasteiger partial charge >= 0.3 is 6.09 Å². The smallest absolute Gasteiger partial charge is 0.407 e. The van der Waals surface area contributed by atoms with Crippen molar-refractivity contribution >= 4 is 23.6 Å². The molecule has 12 heteroatoms. The van der Waals surface area contributed by atoms with Crippen LogP contribution in [0.4, 0.5) is 10.5 Å². The van der Waals surface area contributed by atoms with Gasteiger partial charge < -0.3 is 35.4 Å². The Kier molecular flexibility index (Phi) is 12.6. The number of alkyl carbamates (subject to hydrolysis) is 1. The van der Waals surface area contributed by atoms with E-state index in [0.29, 0.717) is 42.0 Å². The van der Waals surface area contributed by atoms with Crippen LogP contribution in [-0.4, -0.2) is 93.8 Å². The molecule has 3 aromatic rings. The van der Waals surface area contributed by atoms with Crippen molar-refractivity contribution < 1.29 is 33.8 Å². The SMILES string of the molecule is CNC(=O)c1cc(-c2cccc(CN3O[C@@H](CO)[C@@H]([C@H](C)OC(=O)NCCc4ccccc4)[C@H]3C(=O)N[C@H]3C[C@H]4C[C@H]([C@@H]3C)C4(C)C)c2OC)cc(N(C)C)c1. The van der Waals surface area contributed by atoms with Crippen molar-refractivity contribution in [2.45, 2.75) is 77.8 Å². The number of aliphatic hydroxyl groups excluding tert-OH is 1. The van der Waals surface area contributed by atoms with Crippen LogP contribution >= 0.6 is 0 Å². The number of anilines is 1. The Labute approximate surface area is 331 Å². The summed E-state index contributed by atoms with van der Waals surface area (Å²) in [6, 6.07) is 20.4. The second-order valence-corrected chi connectivity index (χ2v) is 16.5. The van der Waals surface area contributed by atoms with Crippen LogP contribution in [0.3, 0.4) is 0 Å². The van der Waals surface area contributed by atoms with E-state index >= 15 is 0 Å². The molecule has 0 unspecified atom stereocenters. The van der Waals surface area contributed by atoms with Crippen LogP contribution in [0, 0.1) is 29.1 Å². The van der Waals surface area contributed by atoms with Gasteiger partial charge in [-0.3, -0.25) is 14.4 Å². The standard InChI is InChI=1S/C44H59N5O7/c1-26-35-22-32(44(35,3)4)23-36(26)47-42(52)39-38(27(2)55-43(53)46-18-17-28-13-10-9-11-14-28)37(25-50)56-49(39)24-29-15-12-16-34(40(29)54-8)30-19-31(41(51)45-5)21-33(20-30)48(6)7/h9-16,19-21,26-27,32,35-39,50H,17-18,22-25H2,1-8H3,(H,45,51)(H,46,53)(H,47,52)/t26-,27-,32+,35+,36-,37-,38+,39-/m0/s1. The number of carbonyl (C=O) groups is 3. The summed E-state index contributed by atoms with van der Waals surface area (Å²) in [6.45, 7) is 8.77. The van der Waals surface area contributed by atoms with Crippen LogP contribution in [0.2, 0.25) is 0 Å². The third-order valence-electron chi connectivity index (χ3n) is 12.7. The Morgan fingerprint density at radius 3 is 2.45 bits per heavy atom. The molecule has 3 amide bonds. The second kappa shape index (κ2) is 17.2. The van der Waals surface area contributed by atoms with Crippen molar-refractivity contribution in [2.75, 3.05) is 46.3 Å². The number of methoxy groups -OCH3 is 1. The molecule has 7 rings (SSSR count). The van der Waals surface area contributed by atoms with Gasteiger partial charge in [0.15, 0.2) is 0 Å². The number of para-hydroxylation sites is 1. The highest BCUT2D eigenvalue weighted by molar-refractivity contribution is 5.97. The van der Waals surface area contributed by atoms with Crippen LogP contribution in [0.1, 0.15) is 62.0 Å². The Morgan fingerprint density at radius 1 is 1.05 bits per heavy atom. The van der Waals surface area contributed by atoms with Gasteiger partial charge in [-0.25, -0.2) is 4.79 Å². The van der Waals surface area contributed by atoms with Crippen molar-refractivity contribution in [3.8, 4) is 16.9 Å². The highest BCUT2D eigenvalue weighted by Crippen LogP contribution is 2.61. The van der Waals surface area contributed by atoms with Crippen molar-refractivity contribution in [1.29, 1.82) is 0 Å². The molecule has 3 aromatic carbocycles. The number of fused-ring (bicyclic) bond motifs is 2. The van der Waals surface area contributed by atoms with Gasteiger partial charge in [-0.15, -0.1) is 0 Å². The van der Waals surface area contributed by atoms with E-state index in [2.05, 4.69) is 36.7 Å². The predicted octanol–water partition coefficient (Wildman–Crippen LogP) is 5.43. The molecule has 302 valence electrons. The number of carbonyl (C=O) groups excluding carboxylic acids is 3. The molecule has 1 heterocycles. The molecule has 12 nitrogen and oxygen atoms in total. The summed E-state index contributed by atoms with van der Waals surface area (Å²) >= 11 is 0. The quantitative estimate of drug-likeness (QED) is 0.169. The zero-order chi connectivity index (χ0) is 40.3. The molecule has 0 radical (unpaired) electrons. The number of hydrogen-bond donors (Lipinski definition) is 4. The van der Waals surface area contributed by atoms with E-state index in [1.807, 2.05) is 85.7 Å². The van der Waals surface area contributed by atoms with E-state index in [-0.39, 0.29) is 36.4 Å². The maximum atomic E-state index is 14.7. The number of nitrogens with zero attached hydrogens (tertiary/aromatic N) is 2. The molecule has 3 aliphatic carbocycles. The highest BCUT2D eigenvalue weighted by Gasteiger charge is 2.57. The molecular weight excluding hydrogens is 711 g/mol. The molecule has 3 saturated carbocycles. The zero-order valence-electron chi connectivity index (χ0n) is 34.0. The number of rotatable bonds is 14.